The minimum atomic E-state index is -3.41. The molecule has 1 saturated heterocycles. The van der Waals surface area contributed by atoms with E-state index in [-0.39, 0.29) is 23.3 Å². The fourth-order valence-electron chi connectivity index (χ4n) is 3.71. The van der Waals surface area contributed by atoms with E-state index in [2.05, 4.69) is 0 Å². The summed E-state index contributed by atoms with van der Waals surface area (Å²) in [6, 6.07) is 11.8. The normalized spacial score (nSPS) is 18.6. The first-order valence-corrected chi connectivity index (χ1v) is 11.9. The van der Waals surface area contributed by atoms with Crippen LogP contribution < -0.4 is 9.47 Å². The number of benzene rings is 2. The van der Waals surface area contributed by atoms with Gasteiger partial charge >= 0.3 is 0 Å². The number of carbonyl (C=O) groups is 2. The largest absolute Gasteiger partial charge is 0.485 e. The van der Waals surface area contributed by atoms with E-state index in [0.717, 1.165) is 6.26 Å². The van der Waals surface area contributed by atoms with E-state index in [1.165, 1.54) is 12.1 Å². The van der Waals surface area contributed by atoms with Crippen LogP contribution in [0, 0.1) is 6.92 Å². The zero-order chi connectivity index (χ0) is 22.2. The maximum Gasteiger partial charge on any atom is 0.267 e. The lowest BCUT2D eigenvalue weighted by atomic mass is 10.1. The second kappa shape index (κ2) is 8.22. The van der Waals surface area contributed by atoms with Crippen LogP contribution in [0.1, 0.15) is 15.9 Å². The second-order valence-corrected chi connectivity index (χ2v) is 9.75. The number of carbonyl (C=O) groups excluding carboxylic acids is 2. The molecule has 0 radical (unpaired) electrons. The van der Waals surface area contributed by atoms with Gasteiger partial charge in [-0.1, -0.05) is 18.2 Å². The first kappa shape index (κ1) is 21.2. The molecule has 0 aliphatic carbocycles. The maximum atomic E-state index is 13.0. The van der Waals surface area contributed by atoms with E-state index in [4.69, 9.17) is 9.47 Å². The Morgan fingerprint density at radius 3 is 2.29 bits per heavy atom. The highest BCUT2D eigenvalue weighted by molar-refractivity contribution is 7.90. The molecule has 0 aromatic heterocycles. The first-order valence-electron chi connectivity index (χ1n) is 10.0. The molecule has 4 rings (SSSR count). The molecule has 9 heteroatoms. The van der Waals surface area contributed by atoms with Crippen LogP contribution in [-0.4, -0.2) is 75.2 Å². The summed E-state index contributed by atoms with van der Waals surface area (Å²) in [4.78, 5) is 29.3. The van der Waals surface area contributed by atoms with E-state index in [9.17, 15) is 18.0 Å². The summed E-state index contributed by atoms with van der Waals surface area (Å²) in [6.45, 7) is 3.38. The molecule has 2 aromatic carbocycles. The molecule has 0 N–H and O–H groups in total. The third-order valence-corrected chi connectivity index (χ3v) is 6.64. The van der Waals surface area contributed by atoms with E-state index in [0.29, 0.717) is 48.8 Å². The molecule has 1 unspecified atom stereocenters. The van der Waals surface area contributed by atoms with Crippen molar-refractivity contribution in [3.8, 4) is 11.5 Å². The molecule has 2 aromatic rings. The fraction of sp³-hybridized carbons (Fsp3) is 0.364. The van der Waals surface area contributed by atoms with Crippen LogP contribution in [0.15, 0.2) is 47.4 Å². The number of ether oxygens (including phenoxy) is 2. The Labute approximate surface area is 181 Å². The van der Waals surface area contributed by atoms with Gasteiger partial charge in [0, 0.05) is 38.0 Å². The zero-order valence-electron chi connectivity index (χ0n) is 17.4. The molecule has 1 fully saturated rings. The van der Waals surface area contributed by atoms with Crippen molar-refractivity contribution in [2.75, 3.05) is 39.0 Å². The van der Waals surface area contributed by atoms with Crippen LogP contribution in [0.3, 0.4) is 0 Å². The number of amides is 2. The van der Waals surface area contributed by atoms with Crippen LogP contribution in [0.5, 0.6) is 11.5 Å². The molecule has 1 atom stereocenters. The minimum absolute atomic E-state index is 0.116. The quantitative estimate of drug-likeness (QED) is 0.713. The molecule has 8 nitrogen and oxygen atoms in total. The van der Waals surface area contributed by atoms with Gasteiger partial charge in [0.25, 0.3) is 11.8 Å². The number of para-hydroxylation sites is 2. The van der Waals surface area contributed by atoms with E-state index < -0.39 is 15.9 Å². The Balaban J connectivity index is 1.40. The first-order chi connectivity index (χ1) is 14.7. The lowest BCUT2D eigenvalue weighted by molar-refractivity contribution is -0.142. The summed E-state index contributed by atoms with van der Waals surface area (Å²) < 4.78 is 35.1. The highest BCUT2D eigenvalue weighted by atomic mass is 32.2. The third kappa shape index (κ3) is 4.36. The van der Waals surface area contributed by atoms with Crippen molar-refractivity contribution >= 4 is 21.7 Å². The van der Waals surface area contributed by atoms with Crippen molar-refractivity contribution in [1.82, 2.24) is 9.80 Å². The maximum absolute atomic E-state index is 13.0. The molecule has 164 valence electrons. The summed E-state index contributed by atoms with van der Waals surface area (Å²) in [6.07, 6.45) is 0.400. The van der Waals surface area contributed by atoms with Gasteiger partial charge in [-0.05, 0) is 36.8 Å². The molecular formula is C22H24N2O6S. The van der Waals surface area contributed by atoms with Crippen molar-refractivity contribution in [1.29, 1.82) is 0 Å². The highest BCUT2D eigenvalue weighted by Gasteiger charge is 2.33. The van der Waals surface area contributed by atoms with Crippen molar-refractivity contribution < 1.29 is 27.5 Å². The molecular weight excluding hydrogens is 420 g/mol. The molecule has 2 heterocycles. The van der Waals surface area contributed by atoms with Crippen molar-refractivity contribution in [2.45, 2.75) is 17.9 Å². The smallest absolute Gasteiger partial charge is 0.267 e. The second-order valence-electron chi connectivity index (χ2n) is 7.73. The SMILES string of the molecule is Cc1ccc(S(C)(=O)=O)cc1C(=O)N1CCN(C(=O)C2COc3ccccc3O2)CC1. The Morgan fingerprint density at radius 1 is 0.968 bits per heavy atom. The molecule has 2 aliphatic rings. The zero-order valence-corrected chi connectivity index (χ0v) is 18.2. The van der Waals surface area contributed by atoms with Crippen LogP contribution in [0.25, 0.3) is 0 Å². The van der Waals surface area contributed by atoms with Crippen molar-refractivity contribution in [3.05, 3.63) is 53.6 Å². The average Bonchev–Trinajstić information content (AvgIpc) is 2.77. The standard InChI is InChI=1S/C22H24N2O6S/c1-15-7-8-16(31(2,27)28)13-17(15)21(25)23-9-11-24(12-10-23)22(26)20-14-29-18-5-3-4-6-19(18)30-20/h3-8,13,20H,9-12,14H2,1-2H3. The third-order valence-electron chi connectivity index (χ3n) is 5.53. The number of sulfone groups is 1. The van der Waals surface area contributed by atoms with Crippen LogP contribution in [0.2, 0.25) is 0 Å². The summed E-state index contributed by atoms with van der Waals surface area (Å²) in [7, 11) is -3.41. The van der Waals surface area contributed by atoms with E-state index in [1.807, 2.05) is 12.1 Å². The topological polar surface area (TPSA) is 93.2 Å². The summed E-state index contributed by atoms with van der Waals surface area (Å²) in [5.41, 5.74) is 1.07. The molecule has 31 heavy (non-hydrogen) atoms. The number of piperazine rings is 1. The number of rotatable bonds is 3. The van der Waals surface area contributed by atoms with Crippen molar-refractivity contribution in [2.24, 2.45) is 0 Å². The Hall–Kier alpha value is -3.07. The monoisotopic (exact) mass is 444 g/mol. The van der Waals surface area contributed by atoms with Crippen LogP contribution in [0.4, 0.5) is 0 Å². The number of hydrogen-bond acceptors (Lipinski definition) is 6. The van der Waals surface area contributed by atoms with Crippen LogP contribution >= 0.6 is 0 Å². The number of hydrogen-bond donors (Lipinski definition) is 0. The lowest BCUT2D eigenvalue weighted by Crippen LogP contribution is -2.55. The molecule has 2 amide bonds. The number of nitrogens with zero attached hydrogens (tertiary/aromatic N) is 2. The molecule has 0 saturated carbocycles. The minimum Gasteiger partial charge on any atom is -0.485 e. The van der Waals surface area contributed by atoms with Gasteiger partial charge in [-0.3, -0.25) is 9.59 Å². The Bertz CT molecular complexity index is 1120. The predicted molar refractivity (Wildman–Crippen MR) is 113 cm³/mol. The number of fused-ring (bicyclic) bond motifs is 1. The van der Waals surface area contributed by atoms with Gasteiger partial charge in [-0.25, -0.2) is 8.42 Å². The Kier molecular flexibility index (Phi) is 5.62. The van der Waals surface area contributed by atoms with Gasteiger partial charge in [-0.15, -0.1) is 0 Å². The van der Waals surface area contributed by atoms with Gasteiger partial charge in [-0.2, -0.15) is 0 Å². The summed E-state index contributed by atoms with van der Waals surface area (Å²) in [5.74, 6) is 0.758. The molecule has 0 spiro atoms. The van der Waals surface area contributed by atoms with Crippen LogP contribution in [-0.2, 0) is 14.6 Å². The van der Waals surface area contributed by atoms with Gasteiger partial charge in [0.1, 0.15) is 6.61 Å². The lowest BCUT2D eigenvalue weighted by Gasteiger charge is -2.37. The fourth-order valence-corrected chi connectivity index (χ4v) is 4.35. The van der Waals surface area contributed by atoms with Gasteiger partial charge in [0.15, 0.2) is 21.3 Å². The Morgan fingerprint density at radius 2 is 1.61 bits per heavy atom. The average molecular weight is 445 g/mol. The van der Waals surface area contributed by atoms with Gasteiger partial charge in [0.05, 0.1) is 4.90 Å². The predicted octanol–water partition coefficient (Wildman–Crippen LogP) is 1.52. The summed E-state index contributed by atoms with van der Waals surface area (Å²) >= 11 is 0. The summed E-state index contributed by atoms with van der Waals surface area (Å²) in [5, 5.41) is 0. The molecule has 0 bridgehead atoms. The molecule has 2 aliphatic heterocycles. The van der Waals surface area contributed by atoms with E-state index >= 15 is 0 Å². The van der Waals surface area contributed by atoms with Gasteiger partial charge < -0.3 is 19.3 Å². The van der Waals surface area contributed by atoms with Crippen molar-refractivity contribution in [3.63, 3.8) is 0 Å². The van der Waals surface area contributed by atoms with E-state index in [1.54, 1.807) is 34.9 Å². The highest BCUT2D eigenvalue weighted by Crippen LogP contribution is 2.31. The van der Waals surface area contributed by atoms with Gasteiger partial charge in [0.2, 0.25) is 6.10 Å². The number of aryl methyl sites for hydroxylation is 1.